The predicted octanol–water partition coefficient (Wildman–Crippen LogP) is 4.31. The molecule has 0 aromatic heterocycles. The minimum Gasteiger partial charge on any atom is -0.465 e. The third kappa shape index (κ3) is 2.59. The molecule has 19 heavy (non-hydrogen) atoms. The van der Waals surface area contributed by atoms with E-state index in [0.29, 0.717) is 0 Å². The van der Waals surface area contributed by atoms with Gasteiger partial charge in [-0.3, -0.25) is 0 Å². The summed E-state index contributed by atoms with van der Waals surface area (Å²) < 4.78 is 11.7. The summed E-state index contributed by atoms with van der Waals surface area (Å²) in [6.45, 7) is 2.97. The van der Waals surface area contributed by atoms with E-state index in [1.54, 1.807) is 0 Å². The summed E-state index contributed by atoms with van der Waals surface area (Å²) in [5.41, 5.74) is 1.33. The van der Waals surface area contributed by atoms with Gasteiger partial charge in [0, 0.05) is 12.0 Å². The number of hydrogen-bond donors (Lipinski definition) is 0. The van der Waals surface area contributed by atoms with Crippen molar-refractivity contribution in [3.8, 4) is 5.75 Å². The first-order chi connectivity index (χ1) is 9.38. The maximum absolute atomic E-state index is 5.96. The molecule has 0 N–H and O–H groups in total. The fraction of sp³-hybridized carbons (Fsp3) is 0.412. The summed E-state index contributed by atoms with van der Waals surface area (Å²) in [6, 6.07) is 12.7. The van der Waals surface area contributed by atoms with Crippen LogP contribution in [-0.4, -0.2) is 12.9 Å². The van der Waals surface area contributed by atoms with Crippen molar-refractivity contribution in [3.05, 3.63) is 42.0 Å². The molecule has 2 nitrogen and oxygen atoms in total. The molecule has 0 aliphatic carbocycles. The lowest BCUT2D eigenvalue weighted by atomic mass is 9.98. The Balaban J connectivity index is 1.80. The van der Waals surface area contributed by atoms with Gasteiger partial charge in [-0.15, -0.1) is 0 Å². The molecule has 0 amide bonds. The number of aryl methyl sites for hydroxylation is 1. The Labute approximate surface area is 114 Å². The number of unbranched alkanes of at least 4 members (excludes halogenated alkanes) is 1. The van der Waals surface area contributed by atoms with Crippen LogP contribution in [-0.2, 0) is 11.2 Å². The van der Waals surface area contributed by atoms with Crippen LogP contribution in [0.4, 0.5) is 0 Å². The van der Waals surface area contributed by atoms with Crippen molar-refractivity contribution in [2.24, 2.45) is 0 Å². The largest absolute Gasteiger partial charge is 0.465 e. The van der Waals surface area contributed by atoms with E-state index >= 15 is 0 Å². The number of fused-ring (bicyclic) bond motifs is 3. The van der Waals surface area contributed by atoms with E-state index in [0.717, 1.165) is 38.0 Å². The van der Waals surface area contributed by atoms with Crippen molar-refractivity contribution < 1.29 is 9.47 Å². The molecule has 1 aliphatic rings. The maximum atomic E-state index is 5.96. The molecular weight excluding hydrogens is 236 g/mol. The highest BCUT2D eigenvalue weighted by Crippen LogP contribution is 2.34. The Kier molecular flexibility index (Phi) is 3.69. The van der Waals surface area contributed by atoms with Crippen LogP contribution in [0, 0.1) is 0 Å². The van der Waals surface area contributed by atoms with Gasteiger partial charge in [0.15, 0.2) is 6.29 Å². The number of benzene rings is 2. The van der Waals surface area contributed by atoms with Crippen LogP contribution in [0.5, 0.6) is 5.75 Å². The Morgan fingerprint density at radius 3 is 3.00 bits per heavy atom. The van der Waals surface area contributed by atoms with E-state index in [2.05, 4.69) is 43.3 Å². The van der Waals surface area contributed by atoms with Crippen molar-refractivity contribution in [2.45, 2.75) is 38.9 Å². The van der Waals surface area contributed by atoms with Gasteiger partial charge in [0.05, 0.1) is 6.61 Å². The highest BCUT2D eigenvalue weighted by molar-refractivity contribution is 5.87. The molecule has 0 radical (unpaired) electrons. The van der Waals surface area contributed by atoms with Crippen LogP contribution < -0.4 is 4.74 Å². The Bertz CT molecular complexity index is 562. The summed E-state index contributed by atoms with van der Waals surface area (Å²) >= 11 is 0. The molecule has 0 saturated carbocycles. The third-order valence-corrected chi connectivity index (χ3v) is 3.69. The zero-order chi connectivity index (χ0) is 13.1. The molecule has 0 saturated heterocycles. The average molecular weight is 256 g/mol. The number of hydrogen-bond acceptors (Lipinski definition) is 2. The summed E-state index contributed by atoms with van der Waals surface area (Å²) in [7, 11) is 0. The summed E-state index contributed by atoms with van der Waals surface area (Å²) in [6.07, 6.45) is 4.18. The topological polar surface area (TPSA) is 18.5 Å². The van der Waals surface area contributed by atoms with E-state index in [1.807, 2.05) is 0 Å². The van der Waals surface area contributed by atoms with Crippen LogP contribution in [0.15, 0.2) is 36.4 Å². The predicted molar refractivity (Wildman–Crippen MR) is 77.5 cm³/mol. The van der Waals surface area contributed by atoms with Crippen molar-refractivity contribution in [2.75, 3.05) is 6.61 Å². The van der Waals surface area contributed by atoms with Gasteiger partial charge in [-0.25, -0.2) is 0 Å². The Hall–Kier alpha value is -1.54. The van der Waals surface area contributed by atoms with Gasteiger partial charge in [-0.05, 0) is 29.7 Å². The van der Waals surface area contributed by atoms with E-state index in [9.17, 15) is 0 Å². The minimum atomic E-state index is -0.0692. The van der Waals surface area contributed by atoms with Gasteiger partial charge in [-0.1, -0.05) is 43.7 Å². The molecular formula is C17H20O2. The van der Waals surface area contributed by atoms with Crippen molar-refractivity contribution in [1.82, 2.24) is 0 Å². The number of ether oxygens (including phenoxy) is 2. The van der Waals surface area contributed by atoms with Gasteiger partial charge in [0.1, 0.15) is 5.75 Å². The molecule has 1 unspecified atom stereocenters. The molecule has 3 rings (SSSR count). The van der Waals surface area contributed by atoms with Gasteiger partial charge in [0.25, 0.3) is 0 Å². The van der Waals surface area contributed by atoms with Crippen molar-refractivity contribution in [3.63, 3.8) is 0 Å². The lowest BCUT2D eigenvalue weighted by Crippen LogP contribution is -2.26. The third-order valence-electron chi connectivity index (χ3n) is 3.69. The smallest absolute Gasteiger partial charge is 0.200 e. The minimum absolute atomic E-state index is 0.0692. The second-order valence-corrected chi connectivity index (χ2v) is 5.07. The van der Waals surface area contributed by atoms with Gasteiger partial charge in [0.2, 0.25) is 0 Å². The molecule has 100 valence electrons. The van der Waals surface area contributed by atoms with Crippen LogP contribution in [0.25, 0.3) is 10.8 Å². The van der Waals surface area contributed by atoms with Crippen molar-refractivity contribution in [1.29, 1.82) is 0 Å². The molecule has 2 heteroatoms. The summed E-state index contributed by atoms with van der Waals surface area (Å²) in [5, 5.41) is 2.60. The SMILES string of the molecule is CCCCOC1CCc2c(ccc3ccccc23)O1. The molecule has 2 aromatic rings. The molecule has 0 spiro atoms. The lowest BCUT2D eigenvalue weighted by Gasteiger charge is -2.27. The average Bonchev–Trinajstić information content (AvgIpc) is 2.47. The Morgan fingerprint density at radius 2 is 2.11 bits per heavy atom. The lowest BCUT2D eigenvalue weighted by molar-refractivity contribution is -0.0912. The van der Waals surface area contributed by atoms with Gasteiger partial charge in [-0.2, -0.15) is 0 Å². The fourth-order valence-electron chi connectivity index (χ4n) is 2.62. The van der Waals surface area contributed by atoms with E-state index in [1.165, 1.54) is 16.3 Å². The first-order valence-corrected chi connectivity index (χ1v) is 7.17. The fourth-order valence-corrected chi connectivity index (χ4v) is 2.62. The number of rotatable bonds is 4. The first kappa shape index (κ1) is 12.5. The molecule has 1 aliphatic heterocycles. The molecule has 2 aromatic carbocycles. The maximum Gasteiger partial charge on any atom is 0.200 e. The van der Waals surface area contributed by atoms with E-state index < -0.39 is 0 Å². The molecule has 0 fully saturated rings. The zero-order valence-corrected chi connectivity index (χ0v) is 11.4. The van der Waals surface area contributed by atoms with Crippen LogP contribution >= 0.6 is 0 Å². The quantitative estimate of drug-likeness (QED) is 0.759. The standard InChI is InChI=1S/C17H20O2/c1-2-3-12-18-17-11-9-15-14-7-5-4-6-13(14)8-10-16(15)19-17/h4-8,10,17H,2-3,9,11-12H2,1H3. The normalized spacial score (nSPS) is 18.1. The monoisotopic (exact) mass is 256 g/mol. The highest BCUT2D eigenvalue weighted by Gasteiger charge is 2.21. The van der Waals surface area contributed by atoms with Crippen molar-refractivity contribution >= 4 is 10.8 Å². The summed E-state index contributed by atoms with van der Waals surface area (Å²) in [5.74, 6) is 0.992. The van der Waals surface area contributed by atoms with Crippen LogP contribution in [0.2, 0.25) is 0 Å². The highest BCUT2D eigenvalue weighted by atomic mass is 16.7. The zero-order valence-electron chi connectivity index (χ0n) is 11.4. The van der Waals surface area contributed by atoms with Crippen LogP contribution in [0.3, 0.4) is 0 Å². The summed E-state index contributed by atoms with van der Waals surface area (Å²) in [4.78, 5) is 0. The molecule has 1 atom stereocenters. The van der Waals surface area contributed by atoms with Gasteiger partial charge < -0.3 is 9.47 Å². The Morgan fingerprint density at radius 1 is 1.21 bits per heavy atom. The molecule has 0 bridgehead atoms. The second-order valence-electron chi connectivity index (χ2n) is 5.07. The van der Waals surface area contributed by atoms with E-state index in [-0.39, 0.29) is 6.29 Å². The second kappa shape index (κ2) is 5.62. The first-order valence-electron chi connectivity index (χ1n) is 7.17. The van der Waals surface area contributed by atoms with Gasteiger partial charge >= 0.3 is 0 Å². The van der Waals surface area contributed by atoms with E-state index in [4.69, 9.17) is 9.47 Å². The van der Waals surface area contributed by atoms with Crippen LogP contribution in [0.1, 0.15) is 31.7 Å². The molecule has 1 heterocycles.